The van der Waals surface area contributed by atoms with E-state index >= 15 is 0 Å². The highest BCUT2D eigenvalue weighted by atomic mass is 15.0. The van der Waals surface area contributed by atoms with E-state index in [1.807, 2.05) is 148 Å². The first kappa shape index (κ1) is 105. The van der Waals surface area contributed by atoms with Crippen LogP contribution in [0.15, 0.2) is 407 Å². The Morgan fingerprint density at radius 3 is 0.468 bits per heavy atom. The van der Waals surface area contributed by atoms with Gasteiger partial charge in [-0.1, -0.05) is 510 Å². The van der Waals surface area contributed by atoms with Gasteiger partial charge in [-0.3, -0.25) is 4.98 Å². The van der Waals surface area contributed by atoms with Gasteiger partial charge in [0.1, 0.15) is 29.6 Å². The number of benzene rings is 14. The molecule has 18 aromatic rings. The molecule has 0 atom stereocenters. The largest absolute Gasteiger partial charge is 0.265 e. The molecule has 644 valence electrons. The lowest BCUT2D eigenvalue weighted by Gasteiger charge is -2.18. The molecular weight excluding hydrogens is 1510 g/mol. The van der Waals surface area contributed by atoms with Gasteiger partial charge in [-0.15, -0.1) is 0 Å². The average Bonchev–Trinajstić information content (AvgIpc) is 0.797. The molecule has 0 saturated heterocycles. The van der Waals surface area contributed by atoms with Gasteiger partial charge in [-0.25, -0.2) is 39.9 Å². The molecule has 9 nitrogen and oxygen atoms in total. The second-order valence-corrected chi connectivity index (χ2v) is 32.3. The molecule has 0 saturated carbocycles. The van der Waals surface area contributed by atoms with Gasteiger partial charge in [-0.2, -0.15) is 0 Å². The highest BCUT2D eigenvalue weighted by Crippen LogP contribution is 2.26. The lowest BCUT2D eigenvalue weighted by atomic mass is 9.95. The lowest BCUT2D eigenvalue weighted by Crippen LogP contribution is -2.18. The summed E-state index contributed by atoms with van der Waals surface area (Å²) >= 11 is 0. The van der Waals surface area contributed by atoms with Crippen LogP contribution in [0.2, 0.25) is 0 Å². The highest BCUT2D eigenvalue weighted by molar-refractivity contribution is 5.85. The van der Waals surface area contributed by atoms with Gasteiger partial charge in [-0.05, 0) is 108 Å². The predicted molar refractivity (Wildman–Crippen MR) is 543 cm³/mol. The standard InChI is InChI=1S/C19H19N3.6C10H8.C9H15N3.C5H5N.2C5H12.C4H4N2.4C2H6/c1-19(2,3)18-21-16(14-10-6-4-7-11-14)20-17(22-18)15-12-8-5-9-13-15;6*1-2-6-10-8-4-3-7-9(10)5-1;1-6-10-7(2)12-8(11-6)9(3,4)5;1-2-4-6-5-3-1;2*1-5(2,3)4;1-2-5-4-6-3-1;4*1-2/h4-13H,1-3H3;6*1-8H;1-5H3;1-5H;2*1-4H3;1-4H;4*1-2H3. The van der Waals surface area contributed by atoms with E-state index in [1.165, 1.54) is 71.0 Å². The van der Waals surface area contributed by atoms with Crippen molar-refractivity contribution >= 4 is 64.6 Å². The van der Waals surface area contributed by atoms with E-state index in [-0.39, 0.29) is 10.8 Å². The van der Waals surface area contributed by atoms with Crippen LogP contribution in [-0.2, 0) is 10.8 Å². The number of fused-ring (bicyclic) bond motifs is 6. The predicted octanol–water partition coefficient (Wildman–Crippen LogP) is 33.1. The van der Waals surface area contributed by atoms with Gasteiger partial charge in [0, 0.05) is 46.7 Å². The summed E-state index contributed by atoms with van der Waals surface area (Å²) in [6.45, 7) is 49.9. The van der Waals surface area contributed by atoms with Crippen LogP contribution >= 0.6 is 0 Å². The Labute approximate surface area is 745 Å². The zero-order chi connectivity index (χ0) is 91.3. The van der Waals surface area contributed by atoms with Crippen LogP contribution in [0.1, 0.15) is 176 Å². The lowest BCUT2D eigenvalue weighted by molar-refractivity contribution is 0.469. The molecule has 0 amide bonds. The van der Waals surface area contributed by atoms with E-state index < -0.39 is 0 Å². The fraction of sp³-hybridized carbons (Fsp3) is 0.243. The molecule has 14 aromatic carbocycles. The third-order valence-corrected chi connectivity index (χ3v) is 15.9. The maximum atomic E-state index is 4.68. The summed E-state index contributed by atoms with van der Waals surface area (Å²) in [6.07, 6.45) is 8.38. The molecule has 0 aliphatic rings. The van der Waals surface area contributed by atoms with Crippen LogP contribution in [0.3, 0.4) is 0 Å². The summed E-state index contributed by atoms with van der Waals surface area (Å²) in [4.78, 5) is 37.8. The third-order valence-electron chi connectivity index (χ3n) is 15.9. The molecule has 18 rings (SSSR count). The fourth-order valence-corrected chi connectivity index (χ4v) is 10.5. The van der Waals surface area contributed by atoms with E-state index in [2.05, 4.69) is 433 Å². The molecule has 9 heteroatoms. The van der Waals surface area contributed by atoms with E-state index in [9.17, 15) is 0 Å². The zero-order valence-electron chi connectivity index (χ0n) is 78.7. The molecule has 0 fully saturated rings. The summed E-state index contributed by atoms with van der Waals surface area (Å²) < 4.78 is 0. The third kappa shape index (κ3) is 45.5. The number of rotatable bonds is 2. The SMILES string of the molecule is CC.CC.CC.CC.CC(C)(C)C.CC(C)(C)C.CC(C)(C)c1nc(-c2ccccc2)nc(-c2ccccc2)n1.Cc1nc(C)nc(C(C)(C)C)n1.c1ccc2ccccc2c1.c1ccc2ccccc2c1.c1ccc2ccccc2c1.c1ccc2ccccc2c1.c1ccc2ccccc2c1.c1ccc2ccccc2c1.c1ccncc1.c1cncnc1. The van der Waals surface area contributed by atoms with Gasteiger partial charge < -0.3 is 0 Å². The van der Waals surface area contributed by atoms with Gasteiger partial charge in [0.05, 0.1) is 0 Å². The molecular formula is C115H139N9. The van der Waals surface area contributed by atoms with Crippen molar-refractivity contribution in [2.24, 2.45) is 10.8 Å². The summed E-state index contributed by atoms with van der Waals surface area (Å²) in [5.41, 5.74) is 2.90. The van der Waals surface area contributed by atoms with Gasteiger partial charge in [0.25, 0.3) is 0 Å². The van der Waals surface area contributed by atoms with E-state index in [1.54, 1.807) is 30.9 Å². The van der Waals surface area contributed by atoms with Crippen LogP contribution in [0.4, 0.5) is 0 Å². The maximum Gasteiger partial charge on any atom is 0.163 e. The minimum atomic E-state index is -0.129. The Balaban J connectivity index is 0.000000354. The Hall–Kier alpha value is -13.1. The second-order valence-electron chi connectivity index (χ2n) is 32.3. The topological polar surface area (TPSA) is 116 Å². The van der Waals surface area contributed by atoms with Crippen LogP contribution < -0.4 is 0 Å². The summed E-state index contributed by atoms with van der Waals surface area (Å²) in [7, 11) is 0. The number of aryl methyl sites for hydroxylation is 2. The first-order valence-electron chi connectivity index (χ1n) is 43.5. The molecule has 0 aliphatic heterocycles. The van der Waals surface area contributed by atoms with Crippen molar-refractivity contribution < 1.29 is 0 Å². The van der Waals surface area contributed by atoms with Crippen molar-refractivity contribution in [2.75, 3.05) is 0 Å². The molecule has 0 N–H and O–H groups in total. The molecule has 124 heavy (non-hydrogen) atoms. The number of hydrogen-bond acceptors (Lipinski definition) is 9. The number of hydrogen-bond donors (Lipinski definition) is 0. The monoisotopic (exact) mass is 1650 g/mol. The molecule has 0 bridgehead atoms. The minimum absolute atomic E-state index is 0.0124. The van der Waals surface area contributed by atoms with Crippen molar-refractivity contribution in [1.82, 2.24) is 44.9 Å². The Bertz CT molecular complexity index is 4580. The van der Waals surface area contributed by atoms with Crippen LogP contribution in [0.25, 0.3) is 87.4 Å². The smallest absolute Gasteiger partial charge is 0.163 e. The Kier molecular flexibility index (Phi) is 51.2. The van der Waals surface area contributed by atoms with Gasteiger partial charge in [0.2, 0.25) is 0 Å². The average molecular weight is 1650 g/mol. The Morgan fingerprint density at radius 1 is 0.169 bits per heavy atom. The van der Waals surface area contributed by atoms with Crippen LogP contribution in [0, 0.1) is 24.7 Å². The minimum Gasteiger partial charge on any atom is -0.265 e. The maximum absolute atomic E-state index is 4.68. The van der Waals surface area contributed by atoms with Crippen LogP contribution in [0.5, 0.6) is 0 Å². The van der Waals surface area contributed by atoms with E-state index in [0.29, 0.717) is 10.8 Å². The molecule has 0 aliphatic carbocycles. The van der Waals surface area contributed by atoms with Crippen molar-refractivity contribution in [1.29, 1.82) is 0 Å². The van der Waals surface area contributed by atoms with Gasteiger partial charge >= 0.3 is 0 Å². The quantitative estimate of drug-likeness (QED) is 0.167. The van der Waals surface area contributed by atoms with Crippen molar-refractivity contribution in [3.8, 4) is 22.8 Å². The van der Waals surface area contributed by atoms with E-state index in [0.717, 1.165) is 46.1 Å². The molecule has 0 radical (unpaired) electrons. The van der Waals surface area contributed by atoms with Gasteiger partial charge in [0.15, 0.2) is 11.6 Å². The number of nitrogens with zero attached hydrogens (tertiary/aromatic N) is 9. The zero-order valence-corrected chi connectivity index (χ0v) is 78.7. The van der Waals surface area contributed by atoms with E-state index in [4.69, 9.17) is 0 Å². The molecule has 4 aromatic heterocycles. The fourth-order valence-electron chi connectivity index (χ4n) is 10.5. The molecule has 4 heterocycles. The summed E-state index contributed by atoms with van der Waals surface area (Å²) in [5.74, 6) is 4.71. The van der Waals surface area contributed by atoms with Crippen molar-refractivity contribution in [2.45, 2.75) is 177 Å². The highest BCUT2D eigenvalue weighted by Gasteiger charge is 2.21. The van der Waals surface area contributed by atoms with Crippen molar-refractivity contribution in [3.05, 3.63) is 431 Å². The normalized spacial score (nSPS) is 9.94. The first-order chi connectivity index (χ1) is 59.7. The number of pyridine rings is 1. The second kappa shape index (κ2) is 60.4. The Morgan fingerprint density at radius 2 is 0.331 bits per heavy atom. The molecule has 0 unspecified atom stereocenters. The number of aromatic nitrogens is 9. The summed E-state index contributed by atoms with van der Waals surface area (Å²) in [6, 6.07) is 128. The van der Waals surface area contributed by atoms with Crippen LogP contribution in [-0.4, -0.2) is 44.9 Å². The molecule has 0 spiro atoms. The summed E-state index contributed by atoms with van der Waals surface area (Å²) in [5, 5.41) is 15.7. The van der Waals surface area contributed by atoms with Crippen molar-refractivity contribution in [3.63, 3.8) is 0 Å². The first-order valence-corrected chi connectivity index (χ1v) is 43.5.